The van der Waals surface area contributed by atoms with E-state index >= 15 is 0 Å². The average Bonchev–Trinajstić information content (AvgIpc) is 2.35. The summed E-state index contributed by atoms with van der Waals surface area (Å²) in [4.78, 5) is 22.2. The third kappa shape index (κ3) is 5.95. The Morgan fingerprint density at radius 1 is 1.32 bits per heavy atom. The molecule has 0 radical (unpaired) electrons. The maximum absolute atomic E-state index is 11.1. The van der Waals surface area contributed by atoms with Crippen molar-refractivity contribution in [1.29, 1.82) is 0 Å². The van der Waals surface area contributed by atoms with Crippen molar-refractivity contribution in [2.24, 2.45) is 0 Å². The average molecular weight is 527 g/mol. The molecule has 0 aliphatic carbocycles. The van der Waals surface area contributed by atoms with E-state index in [1.165, 1.54) is 13.0 Å². The van der Waals surface area contributed by atoms with E-state index in [9.17, 15) is 9.59 Å². The highest BCUT2D eigenvalue weighted by Gasteiger charge is 2.12. The largest absolute Gasteiger partial charge is 0.487 e. The van der Waals surface area contributed by atoms with E-state index in [-0.39, 0.29) is 5.70 Å². The molecule has 1 amide bonds. The second kappa shape index (κ2) is 8.51. The van der Waals surface area contributed by atoms with Gasteiger partial charge in [0.05, 0.1) is 7.14 Å². The Morgan fingerprint density at radius 3 is 2.27 bits per heavy atom. The molecule has 1 aromatic rings. The zero-order valence-corrected chi connectivity index (χ0v) is 16.4. The molecule has 0 aliphatic heterocycles. The smallest absolute Gasteiger partial charge is 0.352 e. The molecule has 0 unspecified atom stereocenters. The molecule has 2 N–H and O–H groups in total. The van der Waals surface area contributed by atoms with E-state index in [1.54, 1.807) is 12.1 Å². The van der Waals surface area contributed by atoms with Gasteiger partial charge in [0.1, 0.15) is 18.1 Å². The van der Waals surface area contributed by atoms with Gasteiger partial charge in [0.25, 0.3) is 0 Å². The molecule has 0 atom stereocenters. The number of benzene rings is 1. The maximum atomic E-state index is 11.1. The lowest BCUT2D eigenvalue weighted by Crippen LogP contribution is -2.24. The van der Waals surface area contributed by atoms with Gasteiger partial charge < -0.3 is 15.2 Å². The van der Waals surface area contributed by atoms with Crippen LogP contribution >= 0.6 is 45.2 Å². The number of carboxylic acids is 1. The summed E-state index contributed by atoms with van der Waals surface area (Å²) in [6, 6.07) is 3.59. The van der Waals surface area contributed by atoms with Crippen molar-refractivity contribution in [2.45, 2.75) is 13.8 Å². The summed E-state index contributed by atoms with van der Waals surface area (Å²) in [5.41, 5.74) is 1.41. The molecule has 0 fully saturated rings. The summed E-state index contributed by atoms with van der Waals surface area (Å²) in [6.07, 6.45) is 1.41. The molecule has 0 heterocycles. The van der Waals surface area contributed by atoms with Gasteiger partial charge in [-0.1, -0.05) is 6.58 Å². The van der Waals surface area contributed by atoms with E-state index < -0.39 is 11.9 Å². The van der Waals surface area contributed by atoms with Gasteiger partial charge in [0.2, 0.25) is 5.91 Å². The molecule has 0 saturated heterocycles. The van der Waals surface area contributed by atoms with Crippen LogP contribution in [0.5, 0.6) is 5.75 Å². The van der Waals surface area contributed by atoms with Crippen LogP contribution < -0.4 is 10.1 Å². The van der Waals surface area contributed by atoms with Gasteiger partial charge in [-0.3, -0.25) is 4.79 Å². The molecular formula is C15H15I2NO4. The molecule has 1 aromatic carbocycles. The first-order valence-corrected chi connectivity index (χ1v) is 8.35. The van der Waals surface area contributed by atoms with E-state index in [4.69, 9.17) is 9.84 Å². The van der Waals surface area contributed by atoms with Crippen LogP contribution in [-0.4, -0.2) is 23.6 Å². The second-order valence-corrected chi connectivity index (χ2v) is 6.93. The second-order valence-electron chi connectivity index (χ2n) is 4.60. The molecule has 5 nitrogen and oxygen atoms in total. The van der Waals surface area contributed by atoms with Gasteiger partial charge in [0.15, 0.2) is 0 Å². The molecule has 22 heavy (non-hydrogen) atoms. The lowest BCUT2D eigenvalue weighted by atomic mass is 10.2. The van der Waals surface area contributed by atoms with Gasteiger partial charge in [-0.05, 0) is 81.5 Å². The number of hydrogen-bond acceptors (Lipinski definition) is 3. The van der Waals surface area contributed by atoms with E-state index in [2.05, 4.69) is 57.1 Å². The zero-order valence-electron chi connectivity index (χ0n) is 12.1. The van der Waals surface area contributed by atoms with Crippen molar-refractivity contribution in [3.05, 3.63) is 42.7 Å². The van der Waals surface area contributed by atoms with Gasteiger partial charge in [-0.25, -0.2) is 4.79 Å². The molecule has 118 valence electrons. The summed E-state index contributed by atoms with van der Waals surface area (Å²) in [7, 11) is 0. The lowest BCUT2D eigenvalue weighted by Gasteiger charge is -2.11. The highest BCUT2D eigenvalue weighted by atomic mass is 127. The van der Waals surface area contributed by atoms with Crippen LogP contribution in [0.15, 0.2) is 30.0 Å². The molecule has 0 bridgehead atoms. The molecule has 1 rings (SSSR count). The summed E-state index contributed by atoms with van der Waals surface area (Å²) in [5, 5.41) is 11.4. The Labute approximate surface area is 156 Å². The normalized spacial score (nSPS) is 11.0. The molecule has 0 saturated carbocycles. The monoisotopic (exact) mass is 527 g/mol. The molecule has 0 aliphatic rings. The number of carboxylic acid groups (broad SMARTS) is 1. The number of halogens is 2. The minimum atomic E-state index is -1.19. The number of carbonyl (C=O) groups is 2. The third-order valence-corrected chi connectivity index (χ3v) is 3.94. The van der Waals surface area contributed by atoms with Gasteiger partial charge in [-0.15, -0.1) is 0 Å². The van der Waals surface area contributed by atoms with Crippen molar-refractivity contribution in [1.82, 2.24) is 5.32 Å². The van der Waals surface area contributed by atoms with Crippen molar-refractivity contribution in [2.75, 3.05) is 6.61 Å². The van der Waals surface area contributed by atoms with E-state index in [1.807, 2.05) is 6.92 Å². The quantitative estimate of drug-likeness (QED) is 0.338. The fourth-order valence-electron chi connectivity index (χ4n) is 1.50. The van der Waals surface area contributed by atoms with E-state index in [0.29, 0.717) is 12.2 Å². The van der Waals surface area contributed by atoms with E-state index in [0.717, 1.165) is 18.5 Å². The summed E-state index contributed by atoms with van der Waals surface area (Å²) >= 11 is 4.25. The summed E-state index contributed by atoms with van der Waals surface area (Å²) < 4.78 is 7.38. The number of carbonyl (C=O) groups excluding carboxylic acids is 1. The molecule has 0 aromatic heterocycles. The topological polar surface area (TPSA) is 75.6 Å². The molecular weight excluding hydrogens is 512 g/mol. The predicted octanol–water partition coefficient (Wildman–Crippen LogP) is 3.41. The standard InChI is InChI=1S/C15H15I2NO4/c1-8(2)7-22-14-11(16)4-10(5-12(14)17)6-13(15(20)21)18-9(3)19/h4-6H,1,7H2,2-3H3,(H,18,19)(H,20,21)/b13-6+. The Kier molecular flexibility index (Phi) is 7.33. The molecule has 7 heteroatoms. The number of aliphatic carboxylic acids is 1. The van der Waals surface area contributed by atoms with Crippen LogP contribution in [0.1, 0.15) is 19.4 Å². The fraction of sp³-hybridized carbons (Fsp3) is 0.200. The van der Waals surface area contributed by atoms with Gasteiger partial charge in [-0.2, -0.15) is 0 Å². The zero-order chi connectivity index (χ0) is 16.9. The van der Waals surface area contributed by atoms with Crippen LogP contribution in [-0.2, 0) is 9.59 Å². The Morgan fingerprint density at radius 2 is 1.86 bits per heavy atom. The summed E-state index contributed by atoms with van der Waals surface area (Å²) in [6.45, 7) is 7.35. The van der Waals surface area contributed by atoms with Crippen LogP contribution in [0.25, 0.3) is 6.08 Å². The van der Waals surface area contributed by atoms with Crippen molar-refractivity contribution < 1.29 is 19.4 Å². The van der Waals surface area contributed by atoms with Crippen LogP contribution in [0, 0.1) is 7.14 Å². The first kappa shape index (κ1) is 18.9. The summed E-state index contributed by atoms with van der Waals surface area (Å²) in [5.74, 6) is -0.889. The maximum Gasteiger partial charge on any atom is 0.352 e. The van der Waals surface area contributed by atoms with Crippen LogP contribution in [0.2, 0.25) is 0 Å². The number of nitrogens with one attached hydrogen (secondary N) is 1. The Bertz CT molecular complexity index is 630. The molecule has 0 spiro atoms. The van der Waals surface area contributed by atoms with Crippen LogP contribution in [0.4, 0.5) is 0 Å². The third-order valence-electron chi connectivity index (χ3n) is 2.34. The van der Waals surface area contributed by atoms with Crippen molar-refractivity contribution >= 4 is 63.1 Å². The van der Waals surface area contributed by atoms with Crippen molar-refractivity contribution in [3.8, 4) is 5.75 Å². The van der Waals surface area contributed by atoms with Gasteiger partial charge in [0, 0.05) is 6.92 Å². The van der Waals surface area contributed by atoms with Gasteiger partial charge >= 0.3 is 5.97 Å². The number of amides is 1. The number of hydrogen-bond donors (Lipinski definition) is 2. The highest BCUT2D eigenvalue weighted by Crippen LogP contribution is 2.30. The fourth-order valence-corrected chi connectivity index (χ4v) is 3.63. The first-order chi connectivity index (χ1) is 10.2. The van der Waals surface area contributed by atoms with Crippen LogP contribution in [0.3, 0.4) is 0 Å². The first-order valence-electron chi connectivity index (χ1n) is 6.19. The number of ether oxygens (including phenoxy) is 1. The minimum absolute atomic E-state index is 0.172. The Hall–Kier alpha value is -1.10. The highest BCUT2D eigenvalue weighted by molar-refractivity contribution is 14.1. The van der Waals surface area contributed by atoms with Crippen molar-refractivity contribution in [3.63, 3.8) is 0 Å². The predicted molar refractivity (Wildman–Crippen MR) is 102 cm³/mol. The number of rotatable bonds is 6. The Balaban J connectivity index is 3.14. The SMILES string of the molecule is C=C(C)COc1c(I)cc(/C=C(/NC(C)=O)C(=O)O)cc1I. The minimum Gasteiger partial charge on any atom is -0.487 e. The lowest BCUT2D eigenvalue weighted by molar-refractivity contribution is -0.134.